The highest BCUT2D eigenvalue weighted by Gasteiger charge is 2.44. The molecule has 2 aliphatic heterocycles. The van der Waals surface area contributed by atoms with Gasteiger partial charge in [-0.25, -0.2) is 0 Å². The van der Waals surface area contributed by atoms with Crippen molar-refractivity contribution in [2.45, 2.75) is 50.2 Å². The van der Waals surface area contributed by atoms with Crippen LogP contribution in [0.5, 0.6) is 0 Å². The molecule has 3 amide bonds. The van der Waals surface area contributed by atoms with Gasteiger partial charge in [-0.15, -0.1) is 0 Å². The van der Waals surface area contributed by atoms with Gasteiger partial charge >= 0.3 is 0 Å². The van der Waals surface area contributed by atoms with Crippen LogP contribution < -0.4 is 10.6 Å². The van der Waals surface area contributed by atoms with E-state index in [0.717, 1.165) is 25.7 Å². The molecule has 3 aliphatic rings. The molecule has 0 bridgehead atoms. The number of fused-ring (bicyclic) bond motifs is 2. The predicted molar refractivity (Wildman–Crippen MR) is 99.0 cm³/mol. The van der Waals surface area contributed by atoms with Gasteiger partial charge in [0.15, 0.2) is 0 Å². The molecule has 1 aliphatic carbocycles. The average molecular weight is 371 g/mol. The molecule has 3 N–H and O–H groups in total. The third-order valence-corrected chi connectivity index (χ3v) is 6.21. The van der Waals surface area contributed by atoms with Crippen LogP contribution in [0.4, 0.5) is 5.69 Å². The molecule has 27 heavy (non-hydrogen) atoms. The maximum Gasteiger partial charge on any atom is 0.254 e. The predicted octanol–water partition coefficient (Wildman–Crippen LogP) is 1.28. The Hall–Kier alpha value is -2.41. The molecule has 0 spiro atoms. The van der Waals surface area contributed by atoms with Gasteiger partial charge in [-0.2, -0.15) is 0 Å². The minimum Gasteiger partial charge on any atom is -0.389 e. The average Bonchev–Trinajstić information content (AvgIpc) is 2.77. The molecule has 0 aromatic heterocycles. The molecular weight excluding hydrogens is 346 g/mol. The molecule has 1 aromatic rings. The Kier molecular flexibility index (Phi) is 4.63. The van der Waals surface area contributed by atoms with E-state index in [4.69, 9.17) is 0 Å². The lowest BCUT2D eigenvalue weighted by atomic mass is 9.71. The SMILES string of the molecule is O=C1N[C@H](CC(=O)N2CC[C@@]3(O)CCCC[C@H]3C2)C(=O)Nc2ccccc21. The molecule has 2 heterocycles. The maximum atomic E-state index is 12.8. The number of likely N-dealkylation sites (tertiary alicyclic amines) is 1. The number of aliphatic hydroxyl groups is 1. The molecule has 1 aromatic carbocycles. The zero-order valence-corrected chi connectivity index (χ0v) is 15.2. The molecule has 144 valence electrons. The molecule has 0 radical (unpaired) electrons. The molecule has 1 saturated heterocycles. The monoisotopic (exact) mass is 371 g/mol. The van der Waals surface area contributed by atoms with E-state index in [1.165, 1.54) is 0 Å². The second-order valence-corrected chi connectivity index (χ2v) is 7.90. The molecule has 7 heteroatoms. The van der Waals surface area contributed by atoms with Gasteiger partial charge in [0.25, 0.3) is 5.91 Å². The standard InChI is InChI=1S/C20H25N3O4/c24-17(23-10-9-20(27)8-4-3-5-13(20)12-23)11-16-19(26)21-15-7-2-1-6-14(15)18(25)22-16/h1-2,6-7,13,16,27H,3-5,8-12H2,(H,21,26)(H,22,25)/t13-,16+,20-/m0/s1. The first kappa shape index (κ1) is 18.0. The summed E-state index contributed by atoms with van der Waals surface area (Å²) in [5.41, 5.74) is 0.205. The fourth-order valence-electron chi connectivity index (χ4n) is 4.56. The van der Waals surface area contributed by atoms with Gasteiger partial charge in [-0.3, -0.25) is 14.4 Å². The fourth-order valence-corrected chi connectivity index (χ4v) is 4.56. The first-order chi connectivity index (χ1) is 13.0. The van der Waals surface area contributed by atoms with Crippen LogP contribution in [0.25, 0.3) is 0 Å². The first-order valence-corrected chi connectivity index (χ1v) is 9.67. The van der Waals surface area contributed by atoms with Gasteiger partial charge < -0.3 is 20.6 Å². The van der Waals surface area contributed by atoms with Crippen molar-refractivity contribution in [3.8, 4) is 0 Å². The van der Waals surface area contributed by atoms with Crippen LogP contribution in [0.1, 0.15) is 48.9 Å². The summed E-state index contributed by atoms with van der Waals surface area (Å²) in [5, 5.41) is 16.2. The minimum absolute atomic E-state index is 0.0727. The van der Waals surface area contributed by atoms with Crippen LogP contribution >= 0.6 is 0 Å². The summed E-state index contributed by atoms with van der Waals surface area (Å²) in [6.45, 7) is 1.02. The number of rotatable bonds is 2. The van der Waals surface area contributed by atoms with E-state index in [-0.39, 0.29) is 30.1 Å². The lowest BCUT2D eigenvalue weighted by molar-refractivity contribution is -0.144. The number of anilines is 1. The van der Waals surface area contributed by atoms with Crippen molar-refractivity contribution in [2.75, 3.05) is 18.4 Å². The van der Waals surface area contributed by atoms with Crippen LogP contribution in [0.15, 0.2) is 24.3 Å². The summed E-state index contributed by atoms with van der Waals surface area (Å²) in [6, 6.07) is 5.89. The van der Waals surface area contributed by atoms with E-state index in [1.807, 2.05) is 0 Å². The number of nitrogens with zero attached hydrogens (tertiary/aromatic N) is 1. The number of carbonyl (C=O) groups is 3. The lowest BCUT2D eigenvalue weighted by Gasteiger charge is -2.47. The van der Waals surface area contributed by atoms with Crippen LogP contribution in [-0.4, -0.2) is 52.5 Å². The second kappa shape index (κ2) is 6.96. The number of piperidine rings is 1. The number of hydrogen-bond donors (Lipinski definition) is 3. The highest BCUT2D eigenvalue weighted by Crippen LogP contribution is 2.39. The Morgan fingerprint density at radius 1 is 1.22 bits per heavy atom. The highest BCUT2D eigenvalue weighted by molar-refractivity contribution is 6.10. The summed E-state index contributed by atoms with van der Waals surface area (Å²) < 4.78 is 0. The zero-order valence-electron chi connectivity index (χ0n) is 15.2. The van der Waals surface area contributed by atoms with E-state index in [9.17, 15) is 19.5 Å². The number of para-hydroxylation sites is 1. The molecule has 7 nitrogen and oxygen atoms in total. The summed E-state index contributed by atoms with van der Waals surface area (Å²) in [7, 11) is 0. The smallest absolute Gasteiger partial charge is 0.254 e. The van der Waals surface area contributed by atoms with E-state index in [1.54, 1.807) is 29.2 Å². The Morgan fingerprint density at radius 2 is 2.04 bits per heavy atom. The van der Waals surface area contributed by atoms with Crippen molar-refractivity contribution in [1.29, 1.82) is 0 Å². The van der Waals surface area contributed by atoms with E-state index >= 15 is 0 Å². The molecule has 2 fully saturated rings. The third-order valence-electron chi connectivity index (χ3n) is 6.21. The number of benzene rings is 1. The second-order valence-electron chi connectivity index (χ2n) is 7.90. The van der Waals surface area contributed by atoms with E-state index < -0.39 is 11.6 Å². The molecule has 3 atom stereocenters. The molecule has 0 unspecified atom stereocenters. The van der Waals surface area contributed by atoms with Crippen LogP contribution in [0.3, 0.4) is 0 Å². The van der Waals surface area contributed by atoms with Gasteiger partial charge in [-0.05, 0) is 31.4 Å². The number of nitrogens with one attached hydrogen (secondary N) is 2. The lowest BCUT2D eigenvalue weighted by Crippen LogP contribution is -2.55. The molecule has 1 saturated carbocycles. The topological polar surface area (TPSA) is 98.7 Å². The number of hydrogen-bond acceptors (Lipinski definition) is 4. The van der Waals surface area contributed by atoms with Gasteiger partial charge in [0.2, 0.25) is 11.8 Å². The first-order valence-electron chi connectivity index (χ1n) is 9.67. The summed E-state index contributed by atoms with van der Waals surface area (Å²) in [4.78, 5) is 39.4. The molecule has 4 rings (SSSR count). The van der Waals surface area contributed by atoms with Gasteiger partial charge in [-0.1, -0.05) is 25.0 Å². The Labute approximate surface area is 158 Å². The van der Waals surface area contributed by atoms with Crippen LogP contribution in [-0.2, 0) is 9.59 Å². The summed E-state index contributed by atoms with van der Waals surface area (Å²) in [5.74, 6) is -0.797. The van der Waals surface area contributed by atoms with Crippen molar-refractivity contribution in [3.63, 3.8) is 0 Å². The minimum atomic E-state index is -0.899. The third kappa shape index (κ3) is 3.43. The molecular formula is C20H25N3O4. The van der Waals surface area contributed by atoms with Crippen molar-refractivity contribution >= 4 is 23.4 Å². The van der Waals surface area contributed by atoms with E-state index in [2.05, 4.69) is 10.6 Å². The number of carbonyl (C=O) groups excluding carboxylic acids is 3. The quantitative estimate of drug-likeness (QED) is 0.729. The van der Waals surface area contributed by atoms with Crippen molar-refractivity contribution in [2.24, 2.45) is 5.92 Å². The largest absolute Gasteiger partial charge is 0.389 e. The van der Waals surface area contributed by atoms with Crippen molar-refractivity contribution in [3.05, 3.63) is 29.8 Å². The van der Waals surface area contributed by atoms with Crippen LogP contribution in [0, 0.1) is 5.92 Å². The van der Waals surface area contributed by atoms with Crippen LogP contribution in [0.2, 0.25) is 0 Å². The summed E-state index contributed by atoms with van der Waals surface area (Å²) in [6.07, 6.45) is 4.36. The van der Waals surface area contributed by atoms with E-state index in [0.29, 0.717) is 30.8 Å². The summed E-state index contributed by atoms with van der Waals surface area (Å²) >= 11 is 0. The fraction of sp³-hybridized carbons (Fsp3) is 0.550. The Balaban J connectivity index is 1.43. The Bertz CT molecular complexity index is 780. The normalized spacial score (nSPS) is 30.5. The maximum absolute atomic E-state index is 12.8. The highest BCUT2D eigenvalue weighted by atomic mass is 16.3. The van der Waals surface area contributed by atoms with Crippen molar-refractivity contribution in [1.82, 2.24) is 10.2 Å². The van der Waals surface area contributed by atoms with Gasteiger partial charge in [0.1, 0.15) is 6.04 Å². The van der Waals surface area contributed by atoms with Gasteiger partial charge in [0, 0.05) is 19.0 Å². The Morgan fingerprint density at radius 3 is 2.89 bits per heavy atom. The van der Waals surface area contributed by atoms with Crippen molar-refractivity contribution < 1.29 is 19.5 Å². The van der Waals surface area contributed by atoms with Gasteiger partial charge in [0.05, 0.1) is 23.3 Å². The zero-order chi connectivity index (χ0) is 19.0. The number of amides is 3.